The first-order valence-corrected chi connectivity index (χ1v) is 9.61. The Labute approximate surface area is 165 Å². The number of nitrogens with one attached hydrogen (secondary N) is 1. The minimum Gasteiger partial charge on any atom is -0.494 e. The van der Waals surface area contributed by atoms with Gasteiger partial charge < -0.3 is 4.74 Å². The van der Waals surface area contributed by atoms with E-state index in [9.17, 15) is 4.79 Å². The molecule has 3 aromatic rings. The third-order valence-corrected chi connectivity index (χ3v) is 5.14. The van der Waals surface area contributed by atoms with Crippen LogP contribution in [0.2, 0.25) is 5.02 Å². The average molecular weight is 404 g/mol. The molecule has 0 aliphatic rings. The minimum absolute atomic E-state index is 0.273. The number of carbonyl (C=O) groups excluding carboxylic acids is 1. The lowest BCUT2D eigenvalue weighted by molar-refractivity contribution is -0.129. The van der Waals surface area contributed by atoms with E-state index < -0.39 is 0 Å². The Bertz CT molecular complexity index is 916. The average Bonchev–Trinajstić information content (AvgIpc) is 3.18. The van der Waals surface area contributed by atoms with Gasteiger partial charge in [-0.3, -0.25) is 10.0 Å². The number of amides is 1. The van der Waals surface area contributed by atoms with Gasteiger partial charge in [-0.25, -0.2) is 5.48 Å². The van der Waals surface area contributed by atoms with Crippen LogP contribution in [0.15, 0.2) is 48.5 Å². The lowest BCUT2D eigenvalue weighted by Crippen LogP contribution is -2.18. The van der Waals surface area contributed by atoms with Crippen molar-refractivity contribution in [2.24, 2.45) is 0 Å². The van der Waals surface area contributed by atoms with Gasteiger partial charge in [0, 0.05) is 17.5 Å². The van der Waals surface area contributed by atoms with Gasteiger partial charge in [0.25, 0.3) is 0 Å². The molecule has 8 heteroatoms. The summed E-state index contributed by atoms with van der Waals surface area (Å²) in [5.41, 5.74) is 3.40. The molecular formula is C19H18ClN3O3S. The SMILES string of the molecule is O=C(CCCCOc1cccc(-c2nnc(-c3ccccc3Cl)s2)c1)NO. The number of carbonyl (C=O) groups is 1. The third kappa shape index (κ3) is 5.26. The quantitative estimate of drug-likeness (QED) is 0.326. The molecule has 1 aromatic heterocycles. The summed E-state index contributed by atoms with van der Waals surface area (Å²) < 4.78 is 5.74. The van der Waals surface area contributed by atoms with Crippen LogP contribution >= 0.6 is 22.9 Å². The lowest BCUT2D eigenvalue weighted by Gasteiger charge is -2.06. The normalized spacial score (nSPS) is 10.6. The summed E-state index contributed by atoms with van der Waals surface area (Å²) in [7, 11) is 0. The van der Waals surface area contributed by atoms with Crippen molar-refractivity contribution in [1.29, 1.82) is 0 Å². The van der Waals surface area contributed by atoms with E-state index in [1.807, 2.05) is 48.5 Å². The molecule has 0 atom stereocenters. The predicted molar refractivity (Wildman–Crippen MR) is 105 cm³/mol. The molecule has 0 aliphatic carbocycles. The van der Waals surface area contributed by atoms with E-state index >= 15 is 0 Å². The van der Waals surface area contributed by atoms with Gasteiger partial charge in [-0.05, 0) is 31.0 Å². The zero-order valence-electron chi connectivity index (χ0n) is 14.4. The first kappa shape index (κ1) is 19.3. The molecule has 0 unspecified atom stereocenters. The Morgan fingerprint density at radius 2 is 1.93 bits per heavy atom. The summed E-state index contributed by atoms with van der Waals surface area (Å²) in [6.07, 6.45) is 1.63. The number of hydroxylamine groups is 1. The van der Waals surface area contributed by atoms with E-state index in [1.54, 1.807) is 5.48 Å². The van der Waals surface area contributed by atoms with Crippen molar-refractivity contribution in [3.63, 3.8) is 0 Å². The topological polar surface area (TPSA) is 84.3 Å². The van der Waals surface area contributed by atoms with Crippen LogP contribution in [0.4, 0.5) is 0 Å². The van der Waals surface area contributed by atoms with E-state index in [1.165, 1.54) is 11.3 Å². The van der Waals surface area contributed by atoms with Gasteiger partial charge in [-0.1, -0.05) is 53.3 Å². The number of unbranched alkanes of at least 4 members (excludes halogenated alkanes) is 1. The fraction of sp³-hybridized carbons (Fsp3) is 0.211. The number of halogens is 1. The monoisotopic (exact) mass is 403 g/mol. The maximum Gasteiger partial charge on any atom is 0.243 e. The molecule has 0 bridgehead atoms. The van der Waals surface area contributed by atoms with Gasteiger partial charge >= 0.3 is 0 Å². The Morgan fingerprint density at radius 3 is 2.74 bits per heavy atom. The predicted octanol–water partition coefficient (Wildman–Crippen LogP) is 4.58. The minimum atomic E-state index is -0.386. The van der Waals surface area contributed by atoms with E-state index in [4.69, 9.17) is 21.5 Å². The van der Waals surface area contributed by atoms with Crippen LogP contribution in [0.1, 0.15) is 19.3 Å². The summed E-state index contributed by atoms with van der Waals surface area (Å²) in [6.45, 7) is 0.489. The van der Waals surface area contributed by atoms with Gasteiger partial charge in [0.1, 0.15) is 15.8 Å². The summed E-state index contributed by atoms with van der Waals surface area (Å²) in [4.78, 5) is 11.0. The van der Waals surface area contributed by atoms with Crippen LogP contribution in [0.3, 0.4) is 0 Å². The highest BCUT2D eigenvalue weighted by molar-refractivity contribution is 7.18. The molecule has 3 rings (SSSR count). The molecule has 0 radical (unpaired) electrons. The summed E-state index contributed by atoms with van der Waals surface area (Å²) in [5.74, 6) is 0.344. The smallest absolute Gasteiger partial charge is 0.243 e. The summed E-state index contributed by atoms with van der Waals surface area (Å²) >= 11 is 7.70. The highest BCUT2D eigenvalue weighted by Gasteiger charge is 2.11. The number of benzene rings is 2. The molecule has 0 saturated heterocycles. The fourth-order valence-electron chi connectivity index (χ4n) is 2.44. The van der Waals surface area contributed by atoms with E-state index in [0.29, 0.717) is 24.5 Å². The molecular weight excluding hydrogens is 386 g/mol. The third-order valence-electron chi connectivity index (χ3n) is 3.80. The van der Waals surface area contributed by atoms with Gasteiger partial charge in [0.2, 0.25) is 5.91 Å². The molecule has 27 heavy (non-hydrogen) atoms. The second kappa shape index (κ2) is 9.45. The van der Waals surface area contributed by atoms with Crippen molar-refractivity contribution < 1.29 is 14.7 Å². The molecule has 6 nitrogen and oxygen atoms in total. The molecule has 0 aliphatic heterocycles. The number of aromatic nitrogens is 2. The Morgan fingerprint density at radius 1 is 1.11 bits per heavy atom. The van der Waals surface area contributed by atoms with Crippen LogP contribution < -0.4 is 10.2 Å². The molecule has 0 spiro atoms. The molecule has 2 N–H and O–H groups in total. The second-order valence-corrected chi connectivity index (χ2v) is 7.15. The van der Waals surface area contributed by atoms with Crippen molar-refractivity contribution in [3.8, 4) is 26.9 Å². The number of rotatable bonds is 8. The van der Waals surface area contributed by atoms with Crippen molar-refractivity contribution in [3.05, 3.63) is 53.6 Å². The van der Waals surface area contributed by atoms with Crippen molar-refractivity contribution >= 4 is 28.8 Å². The first-order valence-electron chi connectivity index (χ1n) is 8.42. The van der Waals surface area contributed by atoms with Crippen LogP contribution in [-0.4, -0.2) is 27.9 Å². The fourth-order valence-corrected chi connectivity index (χ4v) is 3.60. The van der Waals surface area contributed by atoms with Crippen molar-refractivity contribution in [1.82, 2.24) is 15.7 Å². The van der Waals surface area contributed by atoms with Gasteiger partial charge in [-0.2, -0.15) is 0 Å². The van der Waals surface area contributed by atoms with E-state index in [0.717, 1.165) is 26.9 Å². The van der Waals surface area contributed by atoms with Crippen molar-refractivity contribution in [2.45, 2.75) is 19.3 Å². The van der Waals surface area contributed by atoms with E-state index in [2.05, 4.69) is 10.2 Å². The molecule has 0 fully saturated rings. The highest BCUT2D eigenvalue weighted by Crippen LogP contribution is 2.34. The van der Waals surface area contributed by atoms with Crippen molar-refractivity contribution in [2.75, 3.05) is 6.61 Å². The van der Waals surface area contributed by atoms with Gasteiger partial charge in [0.15, 0.2) is 0 Å². The summed E-state index contributed by atoms with van der Waals surface area (Å²) in [5, 5.41) is 19.2. The number of ether oxygens (including phenoxy) is 1. The van der Waals surface area contributed by atoms with E-state index in [-0.39, 0.29) is 12.3 Å². The van der Waals surface area contributed by atoms with Crippen LogP contribution in [-0.2, 0) is 4.79 Å². The molecule has 0 saturated carbocycles. The van der Waals surface area contributed by atoms with Crippen LogP contribution in [0, 0.1) is 0 Å². The second-order valence-electron chi connectivity index (χ2n) is 5.76. The Kier molecular flexibility index (Phi) is 6.75. The molecule has 2 aromatic carbocycles. The molecule has 1 amide bonds. The Hall–Kier alpha value is -2.48. The van der Waals surface area contributed by atoms with Crippen LogP contribution in [0.5, 0.6) is 5.75 Å². The maximum absolute atomic E-state index is 11.0. The van der Waals surface area contributed by atoms with Gasteiger partial charge in [0.05, 0.1) is 11.6 Å². The first-order chi connectivity index (χ1) is 13.2. The lowest BCUT2D eigenvalue weighted by atomic mass is 10.2. The Balaban J connectivity index is 1.62. The zero-order chi connectivity index (χ0) is 19.1. The number of hydrogen-bond donors (Lipinski definition) is 2. The highest BCUT2D eigenvalue weighted by atomic mass is 35.5. The summed E-state index contributed by atoms with van der Waals surface area (Å²) in [6, 6.07) is 15.2. The standard InChI is InChI=1S/C19H18ClN3O3S/c20-16-9-2-1-8-15(16)19-22-21-18(27-19)13-6-5-7-14(12-13)26-11-4-3-10-17(24)23-25/h1-2,5-9,12,25H,3-4,10-11H2,(H,23,24). The van der Waals surface area contributed by atoms with Gasteiger partial charge in [-0.15, -0.1) is 10.2 Å². The maximum atomic E-state index is 11.0. The molecule has 1 heterocycles. The largest absolute Gasteiger partial charge is 0.494 e. The zero-order valence-corrected chi connectivity index (χ0v) is 16.0. The number of nitrogens with zero attached hydrogens (tertiary/aromatic N) is 2. The number of hydrogen-bond acceptors (Lipinski definition) is 6. The van der Waals surface area contributed by atoms with Crippen LogP contribution in [0.25, 0.3) is 21.1 Å². The molecule has 140 valence electrons.